The van der Waals surface area contributed by atoms with Crippen molar-refractivity contribution >= 4 is 29.0 Å². The number of carbonyl (C=O) groups is 1. The highest BCUT2D eigenvalue weighted by atomic mass is 35.5. The number of rotatable bonds is 4. The average Bonchev–Trinajstić information content (AvgIpc) is 3.46. The van der Waals surface area contributed by atoms with Crippen molar-refractivity contribution in [1.82, 2.24) is 14.6 Å². The Bertz CT molecular complexity index is 1390. The molecule has 1 saturated heterocycles. The van der Waals surface area contributed by atoms with E-state index in [-0.39, 0.29) is 11.2 Å². The summed E-state index contributed by atoms with van der Waals surface area (Å²) in [6, 6.07) is 11.7. The van der Waals surface area contributed by atoms with Crippen LogP contribution >= 0.6 is 11.6 Å². The van der Waals surface area contributed by atoms with E-state index in [0.717, 1.165) is 25.0 Å². The minimum Gasteiger partial charge on any atom is -0.477 e. The Kier molecular flexibility index (Phi) is 5.44. The van der Waals surface area contributed by atoms with Gasteiger partial charge in [0, 0.05) is 41.0 Å². The summed E-state index contributed by atoms with van der Waals surface area (Å²) < 4.78 is 40.9. The van der Waals surface area contributed by atoms with Crippen LogP contribution in [0.2, 0.25) is 5.02 Å². The van der Waals surface area contributed by atoms with Gasteiger partial charge in [-0.05, 0) is 31.0 Å². The number of aromatic nitrogens is 3. The smallest absolute Gasteiger partial charge is 0.416 e. The zero-order chi connectivity index (χ0) is 24.0. The second-order valence-electron chi connectivity index (χ2n) is 8.01. The van der Waals surface area contributed by atoms with Gasteiger partial charge in [0.15, 0.2) is 11.5 Å². The largest absolute Gasteiger partial charge is 0.477 e. The molecule has 6 nitrogen and oxygen atoms in total. The molecule has 174 valence electrons. The van der Waals surface area contributed by atoms with Crippen LogP contribution < -0.4 is 4.90 Å². The van der Waals surface area contributed by atoms with Gasteiger partial charge in [-0.3, -0.25) is 0 Å². The van der Waals surface area contributed by atoms with Crippen LogP contribution in [-0.4, -0.2) is 38.8 Å². The van der Waals surface area contributed by atoms with Crippen LogP contribution in [0.1, 0.15) is 28.8 Å². The van der Waals surface area contributed by atoms with Gasteiger partial charge in [-0.25, -0.2) is 14.3 Å². The number of halogens is 4. The normalized spacial score (nSPS) is 14.2. The molecule has 1 aliphatic heterocycles. The first-order valence-electron chi connectivity index (χ1n) is 10.6. The molecule has 1 N–H and O–H groups in total. The molecule has 0 spiro atoms. The van der Waals surface area contributed by atoms with E-state index in [1.807, 2.05) is 4.90 Å². The maximum atomic E-state index is 13.2. The van der Waals surface area contributed by atoms with Crippen molar-refractivity contribution in [1.29, 1.82) is 0 Å². The summed E-state index contributed by atoms with van der Waals surface area (Å²) in [5.74, 6) is -0.879. The number of carboxylic acid groups (broad SMARTS) is 1. The fourth-order valence-electron chi connectivity index (χ4n) is 4.29. The number of nitrogens with zero attached hydrogens (tertiary/aromatic N) is 4. The molecule has 2 aromatic carbocycles. The van der Waals surface area contributed by atoms with E-state index in [1.54, 1.807) is 24.3 Å². The Morgan fingerprint density at radius 2 is 1.68 bits per heavy atom. The number of hydrogen-bond acceptors (Lipinski definition) is 4. The summed E-state index contributed by atoms with van der Waals surface area (Å²) in [6.07, 6.45) is -1.16. The zero-order valence-electron chi connectivity index (χ0n) is 17.7. The van der Waals surface area contributed by atoms with Crippen molar-refractivity contribution in [2.45, 2.75) is 19.0 Å². The lowest BCUT2D eigenvalue weighted by molar-refractivity contribution is -0.137. The van der Waals surface area contributed by atoms with E-state index in [2.05, 4.69) is 10.1 Å². The van der Waals surface area contributed by atoms with Crippen LogP contribution in [0.4, 0.5) is 19.0 Å². The van der Waals surface area contributed by atoms with E-state index in [9.17, 15) is 23.1 Å². The van der Waals surface area contributed by atoms with Crippen molar-refractivity contribution in [2.75, 3.05) is 18.0 Å². The highest BCUT2D eigenvalue weighted by Gasteiger charge is 2.31. The monoisotopic (exact) mass is 486 g/mol. The molecule has 34 heavy (non-hydrogen) atoms. The molecular weight excluding hydrogens is 469 g/mol. The molecule has 0 unspecified atom stereocenters. The predicted octanol–water partition coefficient (Wildman–Crippen LogP) is 6.03. The molecule has 10 heteroatoms. The first-order valence-corrected chi connectivity index (χ1v) is 11.0. The lowest BCUT2D eigenvalue weighted by Gasteiger charge is -2.15. The van der Waals surface area contributed by atoms with Gasteiger partial charge in [-0.2, -0.15) is 13.2 Å². The van der Waals surface area contributed by atoms with Gasteiger partial charge in [0.2, 0.25) is 0 Å². The summed E-state index contributed by atoms with van der Waals surface area (Å²) in [5, 5.41) is 15.0. The van der Waals surface area contributed by atoms with E-state index in [1.165, 1.54) is 22.8 Å². The fraction of sp³-hybridized carbons (Fsp3) is 0.208. The molecule has 0 saturated carbocycles. The van der Waals surface area contributed by atoms with Gasteiger partial charge < -0.3 is 10.0 Å². The topological polar surface area (TPSA) is 70.7 Å². The van der Waals surface area contributed by atoms with Gasteiger partial charge in [-0.15, -0.1) is 5.10 Å². The molecule has 2 aromatic heterocycles. The SMILES string of the molecule is O=C(O)c1c(N2CCCC2)nn2c(-c3ccc(C(F)(F)F)cc3)c(-c3ccccc3Cl)cnc12. The minimum atomic E-state index is -4.48. The average molecular weight is 487 g/mol. The highest BCUT2D eigenvalue weighted by molar-refractivity contribution is 6.33. The molecule has 5 rings (SSSR count). The second kappa shape index (κ2) is 8.32. The second-order valence-corrected chi connectivity index (χ2v) is 8.42. The highest BCUT2D eigenvalue weighted by Crippen LogP contribution is 2.39. The molecule has 0 bridgehead atoms. The van der Waals surface area contributed by atoms with Gasteiger partial charge in [0.25, 0.3) is 0 Å². The van der Waals surface area contributed by atoms with Crippen molar-refractivity contribution in [3.05, 3.63) is 70.9 Å². The van der Waals surface area contributed by atoms with E-state index >= 15 is 0 Å². The maximum Gasteiger partial charge on any atom is 0.416 e. The molecule has 0 atom stereocenters. The van der Waals surface area contributed by atoms with Crippen molar-refractivity contribution in [3.8, 4) is 22.4 Å². The number of benzene rings is 2. The summed E-state index contributed by atoms with van der Waals surface area (Å²) in [6.45, 7) is 1.33. The Morgan fingerprint density at radius 1 is 1.00 bits per heavy atom. The number of hydrogen-bond donors (Lipinski definition) is 1. The standard InChI is InChI=1S/C24H18ClF3N4O2/c25-18-6-2-1-5-16(18)17-13-29-21-19(23(33)34)22(31-11-3-4-12-31)30-32(21)20(17)14-7-9-15(10-8-14)24(26,27)28/h1-2,5-10,13H,3-4,11-12H2,(H,33,34). The van der Waals surface area contributed by atoms with Crippen molar-refractivity contribution in [2.24, 2.45) is 0 Å². The van der Waals surface area contributed by atoms with Crippen LogP contribution in [0.25, 0.3) is 28.0 Å². The van der Waals surface area contributed by atoms with Crippen LogP contribution in [0, 0.1) is 0 Å². The van der Waals surface area contributed by atoms with Crippen LogP contribution in [0.3, 0.4) is 0 Å². The van der Waals surface area contributed by atoms with E-state index < -0.39 is 17.7 Å². The Balaban J connectivity index is 1.82. The fourth-order valence-corrected chi connectivity index (χ4v) is 4.52. The van der Waals surface area contributed by atoms with E-state index in [4.69, 9.17) is 11.6 Å². The number of fused-ring (bicyclic) bond motifs is 1. The third kappa shape index (κ3) is 3.75. The quantitative estimate of drug-likeness (QED) is 0.381. The summed E-state index contributed by atoms with van der Waals surface area (Å²) >= 11 is 6.44. The molecule has 1 aliphatic rings. The number of aromatic carboxylic acids is 1. The van der Waals surface area contributed by atoms with Gasteiger partial charge in [-0.1, -0.05) is 41.9 Å². The maximum absolute atomic E-state index is 13.2. The van der Waals surface area contributed by atoms with Crippen molar-refractivity contribution < 1.29 is 23.1 Å². The van der Waals surface area contributed by atoms with Crippen LogP contribution in [0.5, 0.6) is 0 Å². The predicted molar refractivity (Wildman–Crippen MR) is 122 cm³/mol. The third-order valence-electron chi connectivity index (χ3n) is 5.89. The molecule has 4 aromatic rings. The molecule has 3 heterocycles. The lowest BCUT2D eigenvalue weighted by atomic mass is 9.99. The number of alkyl halides is 3. The molecule has 0 amide bonds. The molecule has 1 fully saturated rings. The Morgan fingerprint density at radius 3 is 2.29 bits per heavy atom. The molecule has 0 radical (unpaired) electrons. The molecule has 0 aliphatic carbocycles. The zero-order valence-corrected chi connectivity index (χ0v) is 18.4. The van der Waals surface area contributed by atoms with Crippen LogP contribution in [-0.2, 0) is 6.18 Å². The summed E-state index contributed by atoms with van der Waals surface area (Å²) in [5.41, 5.74) is 1.22. The number of carboxylic acids is 1. The Hall–Kier alpha value is -3.59. The first-order chi connectivity index (χ1) is 16.3. The Labute approximate surface area is 197 Å². The van der Waals surface area contributed by atoms with Crippen LogP contribution in [0.15, 0.2) is 54.7 Å². The lowest BCUT2D eigenvalue weighted by Crippen LogP contribution is -2.20. The van der Waals surface area contributed by atoms with Gasteiger partial charge in [0.1, 0.15) is 5.56 Å². The third-order valence-corrected chi connectivity index (χ3v) is 6.22. The van der Waals surface area contributed by atoms with Gasteiger partial charge in [0.05, 0.1) is 11.3 Å². The summed E-state index contributed by atoms with van der Waals surface area (Å²) in [4.78, 5) is 18.5. The van der Waals surface area contributed by atoms with E-state index in [0.29, 0.717) is 46.3 Å². The first kappa shape index (κ1) is 22.2. The molecular formula is C24H18ClF3N4O2. The number of anilines is 1. The van der Waals surface area contributed by atoms with Crippen molar-refractivity contribution in [3.63, 3.8) is 0 Å². The summed E-state index contributed by atoms with van der Waals surface area (Å²) in [7, 11) is 0. The minimum absolute atomic E-state index is 0.0410. The van der Waals surface area contributed by atoms with Gasteiger partial charge >= 0.3 is 12.1 Å².